The molecule has 302 valence electrons. The number of nitrogens with zero attached hydrogens (tertiary/aromatic N) is 7. The highest BCUT2D eigenvalue weighted by Crippen LogP contribution is 2.36. The number of fused-ring (bicyclic) bond motifs is 3. The lowest BCUT2D eigenvalue weighted by atomic mass is 9.95. The van der Waals surface area contributed by atoms with Crippen molar-refractivity contribution in [2.45, 2.75) is 38.6 Å². The standard InChI is InChI=1S/C44H46N10O5/c1-27-33(25-46-42-39(27)45-15-22-58-42)29-5-6-30-24-47-43(49-34(30)23-29)48-31-7-9-32(10-8-31)52-16-13-28(14-17-52)26-51-18-20-53(21-19-51)35-3-2-4-36-40(35)59-44(57)54(36)37-11-12-38(55)50-41(37)56/h2-10,23-25,28,37,45H,11-22,26H2,1H3,(H,47,48,49)(H,50,55,56). The number of amides is 2. The van der Waals surface area contributed by atoms with Crippen LogP contribution >= 0.6 is 0 Å². The number of pyridine rings is 1. The summed E-state index contributed by atoms with van der Waals surface area (Å²) in [5.74, 6) is 0.478. The summed E-state index contributed by atoms with van der Waals surface area (Å²) in [6, 6.07) is 19.7. The Morgan fingerprint density at radius 3 is 2.53 bits per heavy atom. The van der Waals surface area contributed by atoms with Crippen LogP contribution in [-0.4, -0.2) is 95.2 Å². The summed E-state index contributed by atoms with van der Waals surface area (Å²) in [5.41, 5.74) is 9.09. The summed E-state index contributed by atoms with van der Waals surface area (Å²) in [6.45, 7) is 10.0. The highest BCUT2D eigenvalue weighted by atomic mass is 16.5. The van der Waals surface area contributed by atoms with E-state index in [0.717, 1.165) is 110 Å². The van der Waals surface area contributed by atoms with E-state index >= 15 is 0 Å². The van der Waals surface area contributed by atoms with Crippen molar-refractivity contribution in [1.82, 2.24) is 29.7 Å². The van der Waals surface area contributed by atoms with Gasteiger partial charge in [-0.15, -0.1) is 0 Å². The van der Waals surface area contributed by atoms with E-state index in [-0.39, 0.29) is 18.7 Å². The number of hydrogen-bond acceptors (Lipinski definition) is 13. The predicted molar refractivity (Wildman–Crippen MR) is 227 cm³/mol. The maximum Gasteiger partial charge on any atom is 0.420 e. The van der Waals surface area contributed by atoms with Crippen LogP contribution < -0.4 is 36.2 Å². The lowest BCUT2D eigenvalue weighted by molar-refractivity contribution is -0.135. The van der Waals surface area contributed by atoms with Gasteiger partial charge in [-0.3, -0.25) is 24.4 Å². The number of carbonyl (C=O) groups excluding carboxylic acids is 2. The number of benzene rings is 3. The molecule has 3 aromatic heterocycles. The Kier molecular flexibility index (Phi) is 9.59. The van der Waals surface area contributed by atoms with Gasteiger partial charge in [0, 0.05) is 93.5 Å². The summed E-state index contributed by atoms with van der Waals surface area (Å²) in [4.78, 5) is 58.6. The molecule has 3 aromatic carbocycles. The van der Waals surface area contributed by atoms with Gasteiger partial charge in [-0.1, -0.05) is 18.2 Å². The molecule has 6 aromatic rings. The molecule has 1 atom stereocenters. The van der Waals surface area contributed by atoms with Gasteiger partial charge < -0.3 is 29.6 Å². The highest BCUT2D eigenvalue weighted by Gasteiger charge is 2.33. The Balaban J connectivity index is 0.724. The van der Waals surface area contributed by atoms with Crippen LogP contribution in [0.2, 0.25) is 0 Å². The van der Waals surface area contributed by atoms with E-state index in [1.54, 1.807) is 0 Å². The smallest absolute Gasteiger partial charge is 0.420 e. The van der Waals surface area contributed by atoms with E-state index in [1.807, 2.05) is 30.6 Å². The predicted octanol–water partition coefficient (Wildman–Crippen LogP) is 5.47. The van der Waals surface area contributed by atoms with E-state index < -0.39 is 17.7 Å². The lowest BCUT2D eigenvalue weighted by Gasteiger charge is -2.40. The van der Waals surface area contributed by atoms with E-state index in [1.165, 1.54) is 10.3 Å². The topological polar surface area (TPSA) is 163 Å². The van der Waals surface area contributed by atoms with Crippen LogP contribution in [0.3, 0.4) is 0 Å². The monoisotopic (exact) mass is 794 g/mol. The zero-order valence-electron chi connectivity index (χ0n) is 32.9. The fraction of sp³-hybridized carbons (Fsp3) is 0.364. The minimum atomic E-state index is -0.758. The number of imide groups is 1. The number of para-hydroxylation sites is 1. The maximum absolute atomic E-state index is 13.0. The van der Waals surface area contributed by atoms with Gasteiger partial charge in [0.05, 0.1) is 16.7 Å². The Bertz CT molecular complexity index is 2630. The first-order valence-corrected chi connectivity index (χ1v) is 20.6. The average molecular weight is 795 g/mol. The molecule has 1 unspecified atom stereocenters. The number of piperidine rings is 2. The average Bonchev–Trinajstić information content (AvgIpc) is 3.60. The summed E-state index contributed by atoms with van der Waals surface area (Å²) in [7, 11) is 0. The Morgan fingerprint density at radius 1 is 0.881 bits per heavy atom. The van der Waals surface area contributed by atoms with Crippen LogP contribution in [0.15, 0.2) is 82.3 Å². The number of aromatic nitrogens is 4. The Hall–Kier alpha value is -6.48. The maximum atomic E-state index is 13.0. The van der Waals surface area contributed by atoms with Crippen LogP contribution in [0.4, 0.5) is 28.7 Å². The van der Waals surface area contributed by atoms with E-state index in [0.29, 0.717) is 35.5 Å². The van der Waals surface area contributed by atoms with Crippen LogP contribution in [0.1, 0.15) is 37.3 Å². The molecule has 15 nitrogen and oxygen atoms in total. The molecule has 4 aliphatic rings. The molecule has 3 saturated heterocycles. The van der Waals surface area contributed by atoms with Gasteiger partial charge >= 0.3 is 5.76 Å². The molecule has 3 fully saturated rings. The van der Waals surface area contributed by atoms with Gasteiger partial charge in [0.25, 0.3) is 0 Å². The molecule has 0 spiro atoms. The molecule has 4 aliphatic heterocycles. The van der Waals surface area contributed by atoms with Crippen molar-refractivity contribution in [3.63, 3.8) is 0 Å². The van der Waals surface area contributed by atoms with Gasteiger partial charge in [0.2, 0.25) is 23.6 Å². The highest BCUT2D eigenvalue weighted by molar-refractivity contribution is 6.00. The van der Waals surface area contributed by atoms with Gasteiger partial charge in [-0.25, -0.2) is 19.7 Å². The third-order valence-electron chi connectivity index (χ3n) is 12.3. The molecule has 2 amide bonds. The number of hydrogen-bond donors (Lipinski definition) is 3. The van der Waals surface area contributed by atoms with E-state index in [2.05, 4.69) is 90.0 Å². The molecule has 3 N–H and O–H groups in total. The van der Waals surface area contributed by atoms with Crippen molar-refractivity contribution < 1.29 is 18.7 Å². The number of ether oxygens (including phenoxy) is 1. The van der Waals surface area contributed by atoms with Gasteiger partial charge in [0.1, 0.15) is 18.3 Å². The molecular formula is C44H46N10O5. The van der Waals surface area contributed by atoms with Crippen LogP contribution in [-0.2, 0) is 9.59 Å². The Morgan fingerprint density at radius 2 is 1.71 bits per heavy atom. The van der Waals surface area contributed by atoms with Crippen molar-refractivity contribution in [2.75, 3.05) is 79.4 Å². The van der Waals surface area contributed by atoms with Gasteiger partial charge in [-0.05, 0) is 85.7 Å². The zero-order valence-corrected chi connectivity index (χ0v) is 32.9. The third kappa shape index (κ3) is 7.19. The molecule has 0 radical (unpaired) electrons. The number of nitrogens with one attached hydrogen (secondary N) is 3. The summed E-state index contributed by atoms with van der Waals surface area (Å²) >= 11 is 0. The summed E-state index contributed by atoms with van der Waals surface area (Å²) < 4.78 is 12.9. The largest absolute Gasteiger partial charge is 0.474 e. The summed E-state index contributed by atoms with van der Waals surface area (Å²) in [6.07, 6.45) is 6.47. The quantitative estimate of drug-likeness (QED) is 0.167. The number of rotatable bonds is 8. The molecule has 0 saturated carbocycles. The molecule has 7 heterocycles. The number of carbonyl (C=O) groups is 2. The molecule has 10 rings (SSSR count). The molecule has 15 heteroatoms. The first-order valence-electron chi connectivity index (χ1n) is 20.6. The van der Waals surface area contributed by atoms with Gasteiger partial charge in [-0.2, -0.15) is 0 Å². The van der Waals surface area contributed by atoms with Crippen LogP contribution in [0, 0.1) is 12.8 Å². The zero-order chi connectivity index (χ0) is 40.0. The van der Waals surface area contributed by atoms with Crippen LogP contribution in [0.5, 0.6) is 5.88 Å². The molecule has 59 heavy (non-hydrogen) atoms. The number of anilines is 5. The van der Waals surface area contributed by atoms with Crippen LogP contribution in [0.25, 0.3) is 33.1 Å². The Labute approximate surface area is 340 Å². The first kappa shape index (κ1) is 36.8. The van der Waals surface area contributed by atoms with E-state index in [9.17, 15) is 14.4 Å². The van der Waals surface area contributed by atoms with Gasteiger partial charge in [0.15, 0.2) is 5.58 Å². The second-order valence-corrected chi connectivity index (χ2v) is 15.9. The van der Waals surface area contributed by atoms with Crippen molar-refractivity contribution >= 4 is 62.5 Å². The lowest BCUT2D eigenvalue weighted by Crippen LogP contribution is -2.49. The minimum Gasteiger partial charge on any atom is -0.474 e. The van der Waals surface area contributed by atoms with Crippen molar-refractivity contribution in [2.24, 2.45) is 5.92 Å². The summed E-state index contributed by atoms with van der Waals surface area (Å²) in [5, 5.41) is 10.1. The minimum absolute atomic E-state index is 0.192. The second-order valence-electron chi connectivity index (χ2n) is 15.9. The van der Waals surface area contributed by atoms with E-state index in [4.69, 9.17) is 14.1 Å². The molecule has 0 bridgehead atoms. The third-order valence-corrected chi connectivity index (χ3v) is 12.3. The normalized spacial score (nSPS) is 19.0. The molecule has 0 aliphatic carbocycles. The SMILES string of the molecule is Cc1c(-c2ccc3cnc(Nc4ccc(N5CCC(CN6CCN(c7cccc8c7oc(=O)n8C7CCC(=O)NC7=O)CC6)CC5)cc4)nc3c2)cnc2c1NCCO2. The fourth-order valence-electron chi connectivity index (χ4n) is 9.07. The van der Waals surface area contributed by atoms with Crippen molar-refractivity contribution in [3.05, 3.63) is 89.2 Å². The van der Waals surface area contributed by atoms with Crippen molar-refractivity contribution in [1.29, 1.82) is 0 Å². The van der Waals surface area contributed by atoms with Crippen molar-refractivity contribution in [3.8, 4) is 17.0 Å². The number of piperazine rings is 1. The number of oxazole rings is 1. The molecular weight excluding hydrogens is 749 g/mol. The fourth-order valence-corrected chi connectivity index (χ4v) is 9.07. The second kappa shape index (κ2) is 15.4. The first-order chi connectivity index (χ1) is 28.8.